The average Bonchev–Trinajstić information content (AvgIpc) is 3.84. The zero-order valence-corrected chi connectivity index (χ0v) is 33.2. The summed E-state index contributed by atoms with van der Waals surface area (Å²) in [5, 5.41) is 4.20. The molecule has 9 rings (SSSR count). The van der Waals surface area contributed by atoms with Crippen LogP contribution in [-0.2, 0) is 17.1 Å². The molecule has 0 spiro atoms. The number of fused-ring (bicyclic) bond motifs is 7. The second kappa shape index (κ2) is 15.0. The van der Waals surface area contributed by atoms with E-state index in [4.69, 9.17) is 8.83 Å². The van der Waals surface area contributed by atoms with Gasteiger partial charge in [-0.3, -0.25) is 9.13 Å². The molecular weight excluding hydrogens is 712 g/mol. The van der Waals surface area contributed by atoms with Crippen molar-refractivity contribution >= 4 is 54.9 Å². The molecule has 6 aromatic carbocycles. The monoisotopic (exact) mass is 758 g/mol. The first-order chi connectivity index (χ1) is 25.6. The summed E-state index contributed by atoms with van der Waals surface area (Å²) in [5.74, 6) is 1.71. The van der Waals surface area contributed by atoms with Gasteiger partial charge in [0.15, 0.2) is 0 Å². The van der Waals surface area contributed by atoms with Crippen LogP contribution in [0, 0.1) is 12.4 Å². The Morgan fingerprint density at radius 3 is 1.65 bits per heavy atom. The predicted octanol–water partition coefficient (Wildman–Crippen LogP) is 13.5. The fraction of sp³-hybridized carbons (Fsp3) is 0.245. The van der Waals surface area contributed by atoms with Crippen molar-refractivity contribution in [3.63, 3.8) is 0 Å². The second-order valence-electron chi connectivity index (χ2n) is 15.4. The van der Waals surface area contributed by atoms with Crippen molar-refractivity contribution in [3.8, 4) is 11.4 Å². The minimum atomic E-state index is 0. The molecule has 0 aliphatic rings. The molecule has 4 nitrogen and oxygen atoms in total. The van der Waals surface area contributed by atoms with E-state index in [2.05, 4.69) is 144 Å². The Balaban J connectivity index is 0.000000182. The minimum Gasteiger partial charge on any atom is -0.510 e. The number of aromatic nitrogens is 2. The molecule has 0 saturated heterocycles. The van der Waals surface area contributed by atoms with E-state index in [1.807, 2.05) is 48.5 Å². The molecule has 0 amide bonds. The van der Waals surface area contributed by atoms with E-state index in [0.717, 1.165) is 43.9 Å². The smallest absolute Gasteiger partial charge is 0.510 e. The SMILES string of the molecule is CC(C)c1cccc(C(C)C)c1-n1[c-][n+](-c2c(C(C)C)cccc2C(C)C)c2ccccc21.[Cu+2].[c-]1c2oc3ccccc3c2cc2oc3ccccc3c12. The van der Waals surface area contributed by atoms with Gasteiger partial charge in [-0.25, -0.2) is 0 Å². The first kappa shape index (κ1) is 37.2. The maximum Gasteiger partial charge on any atom is 2.00 e. The van der Waals surface area contributed by atoms with E-state index in [9.17, 15) is 0 Å². The third-order valence-electron chi connectivity index (χ3n) is 10.5. The van der Waals surface area contributed by atoms with Gasteiger partial charge in [0.05, 0.1) is 33.6 Å². The zero-order valence-electron chi connectivity index (χ0n) is 32.3. The van der Waals surface area contributed by atoms with Crippen LogP contribution in [0.4, 0.5) is 0 Å². The van der Waals surface area contributed by atoms with Crippen LogP contribution in [0.5, 0.6) is 0 Å². The summed E-state index contributed by atoms with van der Waals surface area (Å²) in [4.78, 5) is 0. The quantitative estimate of drug-likeness (QED) is 0.0961. The van der Waals surface area contributed by atoms with Crippen LogP contribution in [0.2, 0.25) is 0 Å². The first-order valence-corrected chi connectivity index (χ1v) is 19.0. The Kier molecular flexibility index (Phi) is 10.3. The molecule has 0 N–H and O–H groups in total. The Hall–Kier alpha value is -5.09. The third kappa shape index (κ3) is 6.44. The third-order valence-corrected chi connectivity index (χ3v) is 10.5. The summed E-state index contributed by atoms with van der Waals surface area (Å²) in [6.07, 6.45) is 3.84. The molecule has 0 aliphatic heterocycles. The van der Waals surface area contributed by atoms with E-state index in [-0.39, 0.29) is 17.1 Å². The molecule has 3 heterocycles. The van der Waals surface area contributed by atoms with Gasteiger partial charge < -0.3 is 8.83 Å². The molecule has 1 radical (unpaired) electrons. The van der Waals surface area contributed by atoms with Crippen molar-refractivity contribution in [3.05, 3.63) is 150 Å². The van der Waals surface area contributed by atoms with Gasteiger partial charge >= 0.3 is 17.1 Å². The van der Waals surface area contributed by atoms with Crippen molar-refractivity contribution in [2.24, 2.45) is 0 Å². The number of furan rings is 2. The Labute approximate surface area is 328 Å². The fourth-order valence-corrected chi connectivity index (χ4v) is 7.77. The molecular formula is C49H47CuN2O2+. The van der Waals surface area contributed by atoms with Crippen molar-refractivity contribution in [1.29, 1.82) is 0 Å². The molecule has 0 fully saturated rings. The first-order valence-electron chi connectivity index (χ1n) is 19.0. The predicted molar refractivity (Wildman–Crippen MR) is 220 cm³/mol. The number of benzene rings is 6. The van der Waals surface area contributed by atoms with Gasteiger partial charge in [-0.1, -0.05) is 181 Å². The fourth-order valence-electron chi connectivity index (χ4n) is 7.77. The van der Waals surface area contributed by atoms with E-state index < -0.39 is 0 Å². The molecule has 9 aromatic rings. The van der Waals surface area contributed by atoms with E-state index in [1.165, 1.54) is 44.7 Å². The van der Waals surface area contributed by atoms with Crippen LogP contribution in [0.1, 0.15) is 101 Å². The van der Waals surface area contributed by atoms with Crippen molar-refractivity contribution in [2.75, 3.05) is 0 Å². The average molecular weight is 759 g/mol. The van der Waals surface area contributed by atoms with Crippen molar-refractivity contribution in [2.45, 2.75) is 79.1 Å². The van der Waals surface area contributed by atoms with Crippen LogP contribution in [0.3, 0.4) is 0 Å². The molecule has 3 aromatic heterocycles. The van der Waals surface area contributed by atoms with E-state index in [0.29, 0.717) is 23.7 Å². The normalized spacial score (nSPS) is 11.9. The van der Waals surface area contributed by atoms with Gasteiger partial charge in [-0.15, -0.1) is 0 Å². The molecule has 5 heteroatoms. The largest absolute Gasteiger partial charge is 2.00 e. The van der Waals surface area contributed by atoms with Crippen LogP contribution >= 0.6 is 0 Å². The second-order valence-corrected chi connectivity index (χ2v) is 15.4. The Morgan fingerprint density at radius 1 is 0.519 bits per heavy atom. The van der Waals surface area contributed by atoms with Crippen molar-refractivity contribution in [1.82, 2.24) is 4.57 Å². The summed E-state index contributed by atoms with van der Waals surface area (Å²) < 4.78 is 16.4. The number of para-hydroxylation sites is 6. The minimum absolute atomic E-state index is 0. The Bertz CT molecular complexity index is 2520. The summed E-state index contributed by atoms with van der Waals surface area (Å²) in [5.41, 5.74) is 13.8. The summed E-state index contributed by atoms with van der Waals surface area (Å²) >= 11 is 0. The summed E-state index contributed by atoms with van der Waals surface area (Å²) in [7, 11) is 0. The van der Waals surface area contributed by atoms with Crippen LogP contribution in [0.15, 0.2) is 124 Å². The molecule has 0 saturated carbocycles. The van der Waals surface area contributed by atoms with Gasteiger partial charge in [-0.2, -0.15) is 0 Å². The van der Waals surface area contributed by atoms with Crippen LogP contribution in [0.25, 0.3) is 66.3 Å². The standard InChI is InChI=1S/C31H38N2.C18H9O2.Cu/c1-20(2)24-13-11-14-25(21(3)4)30(24)32-19-33(29-18-10-9-17-28(29)32)31-26(22(5)6)15-12-16-27(31)23(7)8;1-3-7-15-11(5-1)13-9-18-14(10-17(13)19-15)12-6-2-4-8-16(12)20-18;/h9-18,20-23H,1-8H3;1-9H;/q;-1;+2. The number of hydrogen-bond acceptors (Lipinski definition) is 2. The molecule has 0 bridgehead atoms. The molecule has 0 unspecified atom stereocenters. The van der Waals surface area contributed by atoms with Crippen LogP contribution < -0.4 is 4.57 Å². The molecule has 0 aliphatic carbocycles. The number of hydrogen-bond donors (Lipinski definition) is 0. The Morgan fingerprint density at radius 2 is 1.04 bits per heavy atom. The van der Waals surface area contributed by atoms with Gasteiger partial charge in [-0.05, 0) is 63.4 Å². The molecule has 275 valence electrons. The maximum atomic E-state index is 5.91. The molecule has 54 heavy (non-hydrogen) atoms. The van der Waals surface area contributed by atoms with Crippen LogP contribution in [-0.4, -0.2) is 4.57 Å². The maximum absolute atomic E-state index is 5.91. The van der Waals surface area contributed by atoms with Crippen molar-refractivity contribution < 1.29 is 30.5 Å². The molecule has 0 atom stereocenters. The summed E-state index contributed by atoms with van der Waals surface area (Å²) in [6.45, 7) is 18.3. The van der Waals surface area contributed by atoms with E-state index in [1.54, 1.807) is 0 Å². The number of imidazole rings is 1. The van der Waals surface area contributed by atoms with Gasteiger partial charge in [0.1, 0.15) is 5.58 Å². The summed E-state index contributed by atoms with van der Waals surface area (Å²) in [6, 6.07) is 43.7. The van der Waals surface area contributed by atoms with Gasteiger partial charge in [0, 0.05) is 5.58 Å². The number of nitrogens with zero attached hydrogens (tertiary/aromatic N) is 2. The van der Waals surface area contributed by atoms with E-state index >= 15 is 0 Å². The van der Waals surface area contributed by atoms with Gasteiger partial charge in [0.25, 0.3) is 6.33 Å². The van der Waals surface area contributed by atoms with Gasteiger partial charge in [0.2, 0.25) is 0 Å². The number of rotatable bonds is 6. The topological polar surface area (TPSA) is 35.1 Å². The zero-order chi connectivity index (χ0) is 37.0.